The summed E-state index contributed by atoms with van der Waals surface area (Å²) in [5.41, 5.74) is 1.39. The summed E-state index contributed by atoms with van der Waals surface area (Å²) in [6.45, 7) is 3.33. The summed E-state index contributed by atoms with van der Waals surface area (Å²) in [6, 6.07) is 16.8. The van der Waals surface area contributed by atoms with Crippen molar-refractivity contribution in [2.24, 2.45) is 15.3 Å². The number of anilines is 2. The second kappa shape index (κ2) is 11.2. The average Bonchev–Trinajstić information content (AvgIpc) is 3.11. The third-order valence-corrected chi connectivity index (χ3v) is 7.53. The van der Waals surface area contributed by atoms with Crippen LogP contribution in [0, 0.1) is 6.92 Å². The molecule has 4 rings (SSSR count). The zero-order valence-corrected chi connectivity index (χ0v) is 23.7. The molecule has 1 atom stereocenters. The van der Waals surface area contributed by atoms with Crippen LogP contribution >= 0.6 is 0 Å². The Labute approximate surface area is 236 Å². The van der Waals surface area contributed by atoms with E-state index in [1.54, 1.807) is 38.1 Å². The van der Waals surface area contributed by atoms with Crippen LogP contribution in [0.4, 0.5) is 17.1 Å². The van der Waals surface area contributed by atoms with E-state index in [1.807, 2.05) is 6.07 Å². The van der Waals surface area contributed by atoms with Crippen molar-refractivity contribution in [1.82, 2.24) is 0 Å². The van der Waals surface area contributed by atoms with Gasteiger partial charge >= 0.3 is 29.6 Å². The summed E-state index contributed by atoms with van der Waals surface area (Å²) in [7, 11) is -9.21. The van der Waals surface area contributed by atoms with Crippen LogP contribution in [0.3, 0.4) is 0 Å². The largest absolute Gasteiger partial charge is 1.00 e. The number of amides is 1. The molecule has 0 aliphatic carbocycles. The van der Waals surface area contributed by atoms with Gasteiger partial charge in [0.25, 0.3) is 15.9 Å². The number of azo groups is 1. The zero-order chi connectivity index (χ0) is 26.1. The maximum absolute atomic E-state index is 12.9. The van der Waals surface area contributed by atoms with Gasteiger partial charge in [-0.2, -0.15) is 20.3 Å². The first-order chi connectivity index (χ1) is 17.0. The summed E-state index contributed by atoms with van der Waals surface area (Å²) in [5, 5.41) is 13.7. The van der Waals surface area contributed by atoms with E-state index in [9.17, 15) is 26.2 Å². The van der Waals surface area contributed by atoms with Crippen molar-refractivity contribution in [3.8, 4) is 0 Å². The summed E-state index contributed by atoms with van der Waals surface area (Å²) < 4.78 is 62.5. The molecule has 0 fully saturated rings. The van der Waals surface area contributed by atoms with Crippen LogP contribution in [-0.2, 0) is 24.9 Å². The number of rotatable bonds is 7. The van der Waals surface area contributed by atoms with Crippen LogP contribution in [0.5, 0.6) is 0 Å². The standard InChI is InChI=1S/C23H21N5O6S2.Na/c1-15-12-13-18(35(30,31)27-19-10-6-7-11-21(19)36(32,33)34)14-20(15)24-25-22-16(2)26-28(23(22)29)17-8-4-3-5-9-17;/h3-14,22,27H,1-2H3,(H,32,33,34);/q;+1/p-1. The van der Waals surface area contributed by atoms with Crippen LogP contribution in [0.2, 0.25) is 0 Å². The number of nitrogens with one attached hydrogen (secondary N) is 1. The van der Waals surface area contributed by atoms with Gasteiger partial charge in [0, 0.05) is 0 Å². The Balaban J connectivity index is 0.00000380. The molecule has 37 heavy (non-hydrogen) atoms. The molecule has 0 radical (unpaired) electrons. The van der Waals surface area contributed by atoms with Crippen molar-refractivity contribution in [3.05, 3.63) is 78.4 Å². The van der Waals surface area contributed by atoms with Crippen molar-refractivity contribution < 1.29 is 55.7 Å². The Morgan fingerprint density at radius 2 is 1.59 bits per heavy atom. The molecule has 11 nitrogen and oxygen atoms in total. The van der Waals surface area contributed by atoms with E-state index in [0.717, 1.165) is 6.07 Å². The molecule has 0 spiro atoms. The van der Waals surface area contributed by atoms with Crippen LogP contribution in [0.25, 0.3) is 0 Å². The van der Waals surface area contributed by atoms with Crippen LogP contribution in [-0.4, -0.2) is 39.0 Å². The van der Waals surface area contributed by atoms with Crippen molar-refractivity contribution >= 4 is 48.8 Å². The van der Waals surface area contributed by atoms with Gasteiger partial charge in [-0.1, -0.05) is 36.4 Å². The Morgan fingerprint density at radius 1 is 0.946 bits per heavy atom. The molecule has 186 valence electrons. The molecular weight excluding hydrogens is 529 g/mol. The van der Waals surface area contributed by atoms with E-state index in [4.69, 9.17) is 0 Å². The number of sulfonamides is 1. The van der Waals surface area contributed by atoms with Gasteiger partial charge in [-0.15, -0.1) is 0 Å². The van der Waals surface area contributed by atoms with Gasteiger partial charge in [0.2, 0.25) is 0 Å². The Kier molecular flexibility index (Phi) is 8.67. The third-order valence-electron chi connectivity index (χ3n) is 5.27. The minimum atomic E-state index is -4.91. The van der Waals surface area contributed by atoms with Crippen molar-refractivity contribution in [2.45, 2.75) is 29.7 Å². The zero-order valence-electron chi connectivity index (χ0n) is 20.1. The number of nitrogens with zero attached hydrogens (tertiary/aromatic N) is 4. The van der Waals surface area contributed by atoms with Crippen molar-refractivity contribution in [3.63, 3.8) is 0 Å². The molecule has 3 aromatic carbocycles. The molecule has 1 aliphatic rings. The first-order valence-electron chi connectivity index (χ1n) is 10.5. The van der Waals surface area contributed by atoms with Gasteiger partial charge in [-0.25, -0.2) is 16.8 Å². The summed E-state index contributed by atoms with van der Waals surface area (Å²) in [5.74, 6) is -0.402. The van der Waals surface area contributed by atoms with Gasteiger partial charge in [-0.05, 0) is 55.8 Å². The molecule has 0 bridgehead atoms. The molecule has 0 saturated carbocycles. The fourth-order valence-electron chi connectivity index (χ4n) is 3.40. The number of hydrogen-bond donors (Lipinski definition) is 1. The molecule has 1 heterocycles. The second-order valence-corrected chi connectivity index (χ2v) is 10.9. The molecule has 1 amide bonds. The summed E-state index contributed by atoms with van der Waals surface area (Å²) in [6.07, 6.45) is 0. The Morgan fingerprint density at radius 3 is 2.27 bits per heavy atom. The number of benzene rings is 3. The average molecular weight is 550 g/mol. The minimum absolute atomic E-state index is 0. The first kappa shape index (κ1) is 28.6. The van der Waals surface area contributed by atoms with Gasteiger partial charge in [-0.3, -0.25) is 9.52 Å². The van der Waals surface area contributed by atoms with E-state index in [-0.39, 0.29) is 45.8 Å². The van der Waals surface area contributed by atoms with Gasteiger partial charge < -0.3 is 4.55 Å². The fourth-order valence-corrected chi connectivity index (χ4v) is 5.20. The first-order valence-corrected chi connectivity index (χ1v) is 13.4. The van der Waals surface area contributed by atoms with Crippen LogP contribution in [0.15, 0.2) is 97.9 Å². The molecule has 3 aromatic rings. The van der Waals surface area contributed by atoms with Gasteiger partial charge in [0.1, 0.15) is 10.1 Å². The van der Waals surface area contributed by atoms with Crippen molar-refractivity contribution in [1.29, 1.82) is 0 Å². The van der Waals surface area contributed by atoms with E-state index < -0.39 is 37.0 Å². The second-order valence-electron chi connectivity index (χ2n) is 7.85. The quantitative estimate of drug-likeness (QED) is 0.258. The molecule has 1 aliphatic heterocycles. The van der Waals surface area contributed by atoms with Gasteiger partial charge in [0.05, 0.1) is 32.6 Å². The molecule has 14 heteroatoms. The van der Waals surface area contributed by atoms with E-state index in [0.29, 0.717) is 17.0 Å². The molecule has 1 unspecified atom stereocenters. The maximum Gasteiger partial charge on any atom is 1.00 e. The fraction of sp³-hybridized carbons (Fsp3) is 0.130. The Hall–Kier alpha value is -2.94. The topological polar surface area (TPSA) is 161 Å². The third kappa shape index (κ3) is 6.32. The normalized spacial score (nSPS) is 16.0. The minimum Gasteiger partial charge on any atom is -0.744 e. The van der Waals surface area contributed by atoms with Crippen molar-refractivity contribution in [2.75, 3.05) is 9.73 Å². The Bertz CT molecular complexity index is 1610. The SMILES string of the molecule is CC1=NN(c2ccccc2)C(=O)C1N=Nc1cc(S(=O)(=O)Nc2ccccc2S(=O)(=O)[O-])ccc1C.[Na+]. The number of hydrazone groups is 1. The van der Waals surface area contributed by atoms with E-state index in [1.165, 1.54) is 41.4 Å². The maximum atomic E-state index is 12.9. The number of hydrogen-bond acceptors (Lipinski definition) is 9. The van der Waals surface area contributed by atoms with Crippen LogP contribution in [0.1, 0.15) is 12.5 Å². The summed E-state index contributed by atoms with van der Waals surface area (Å²) >= 11 is 0. The number of para-hydroxylation sites is 2. The molecule has 0 aromatic heterocycles. The van der Waals surface area contributed by atoms with Crippen LogP contribution < -0.4 is 39.3 Å². The van der Waals surface area contributed by atoms with E-state index >= 15 is 0 Å². The molecular formula is C23H20N5NaO6S2. The van der Waals surface area contributed by atoms with E-state index in [2.05, 4.69) is 20.1 Å². The summed E-state index contributed by atoms with van der Waals surface area (Å²) in [4.78, 5) is 11.9. The van der Waals surface area contributed by atoms with Gasteiger partial charge in [0.15, 0.2) is 6.04 Å². The predicted molar refractivity (Wildman–Crippen MR) is 132 cm³/mol. The molecule has 1 N–H and O–H groups in total. The number of carbonyl (C=O) groups excluding carboxylic acids is 1. The monoisotopic (exact) mass is 549 g/mol. The number of carbonyl (C=O) groups is 1. The predicted octanol–water partition coefficient (Wildman–Crippen LogP) is 0.579. The molecule has 0 saturated heterocycles. The number of aryl methyl sites for hydroxylation is 1. The smallest absolute Gasteiger partial charge is 0.744 e.